The number of aliphatic hydroxyl groups is 1. The van der Waals surface area contributed by atoms with Crippen LogP contribution in [-0.4, -0.2) is 11.7 Å². The van der Waals surface area contributed by atoms with Crippen LogP contribution in [0.2, 0.25) is 0 Å². The lowest BCUT2D eigenvalue weighted by Crippen LogP contribution is -2.07. The summed E-state index contributed by atoms with van der Waals surface area (Å²) < 4.78 is 0. The van der Waals surface area contributed by atoms with Gasteiger partial charge in [0.25, 0.3) is 0 Å². The highest BCUT2D eigenvalue weighted by Gasteiger charge is 2.09. The Morgan fingerprint density at radius 1 is 1.20 bits per heavy atom. The zero-order valence-corrected chi connectivity index (χ0v) is 10.2. The summed E-state index contributed by atoms with van der Waals surface area (Å²) in [6, 6.07) is 6.64. The molecule has 0 saturated carbocycles. The summed E-state index contributed by atoms with van der Waals surface area (Å²) >= 11 is 0. The van der Waals surface area contributed by atoms with Crippen molar-refractivity contribution in [2.75, 3.05) is 6.61 Å². The van der Waals surface area contributed by atoms with Crippen LogP contribution >= 0.6 is 0 Å². The number of aliphatic hydroxyl groups excluding tert-OH is 1. The average molecular weight is 206 g/mol. The molecular formula is C14H22O. The molecule has 0 heterocycles. The van der Waals surface area contributed by atoms with E-state index in [-0.39, 0.29) is 6.61 Å². The van der Waals surface area contributed by atoms with Crippen LogP contribution in [-0.2, 0) is 6.42 Å². The highest BCUT2D eigenvalue weighted by Crippen LogP contribution is 2.23. The number of benzene rings is 1. The Bertz CT molecular complexity index is 315. The second-order valence-electron chi connectivity index (χ2n) is 4.85. The largest absolute Gasteiger partial charge is 0.396 e. The maximum atomic E-state index is 9.09. The van der Waals surface area contributed by atoms with Gasteiger partial charge in [-0.2, -0.15) is 0 Å². The van der Waals surface area contributed by atoms with E-state index in [0.29, 0.717) is 11.8 Å². The molecule has 1 rings (SSSR count). The van der Waals surface area contributed by atoms with Crippen LogP contribution in [0, 0.1) is 12.8 Å². The van der Waals surface area contributed by atoms with Gasteiger partial charge in [0, 0.05) is 6.61 Å². The second-order valence-corrected chi connectivity index (χ2v) is 4.85. The minimum atomic E-state index is 0.269. The molecule has 1 aromatic carbocycles. The standard InChI is InChI=1S/C14H22O/c1-10(2)14-6-5-11(3)7-13(14)8-12(4)9-15/h5-7,10,12,15H,8-9H2,1-4H3. The molecule has 0 fully saturated rings. The van der Waals surface area contributed by atoms with E-state index in [9.17, 15) is 0 Å². The Balaban J connectivity index is 2.96. The summed E-state index contributed by atoms with van der Waals surface area (Å²) in [7, 11) is 0. The van der Waals surface area contributed by atoms with Crippen molar-refractivity contribution in [2.45, 2.75) is 40.0 Å². The molecule has 1 N–H and O–H groups in total. The molecule has 0 saturated heterocycles. The molecule has 0 aliphatic carbocycles. The Kier molecular flexibility index (Phi) is 4.34. The molecule has 1 aromatic rings. The molecule has 1 nitrogen and oxygen atoms in total. The quantitative estimate of drug-likeness (QED) is 0.801. The van der Waals surface area contributed by atoms with Gasteiger partial charge in [-0.15, -0.1) is 0 Å². The lowest BCUT2D eigenvalue weighted by atomic mass is 9.90. The molecule has 0 aliphatic heterocycles. The van der Waals surface area contributed by atoms with Gasteiger partial charge in [0.1, 0.15) is 0 Å². The molecular weight excluding hydrogens is 184 g/mol. The maximum Gasteiger partial charge on any atom is 0.0459 e. The predicted molar refractivity (Wildman–Crippen MR) is 65.2 cm³/mol. The van der Waals surface area contributed by atoms with E-state index < -0.39 is 0 Å². The SMILES string of the molecule is Cc1ccc(C(C)C)c(CC(C)CO)c1. The minimum absolute atomic E-state index is 0.269. The van der Waals surface area contributed by atoms with Gasteiger partial charge in [0.05, 0.1) is 0 Å². The van der Waals surface area contributed by atoms with Crippen LogP contribution in [0.5, 0.6) is 0 Å². The average Bonchev–Trinajstić information content (AvgIpc) is 2.17. The number of rotatable bonds is 4. The van der Waals surface area contributed by atoms with Gasteiger partial charge in [0.15, 0.2) is 0 Å². The fraction of sp³-hybridized carbons (Fsp3) is 0.571. The third-order valence-electron chi connectivity index (χ3n) is 2.80. The summed E-state index contributed by atoms with van der Waals surface area (Å²) in [6.45, 7) is 8.92. The van der Waals surface area contributed by atoms with Gasteiger partial charge in [-0.1, -0.05) is 44.5 Å². The lowest BCUT2D eigenvalue weighted by Gasteiger charge is -2.16. The molecule has 84 valence electrons. The first-order valence-electron chi connectivity index (χ1n) is 5.75. The Morgan fingerprint density at radius 2 is 1.87 bits per heavy atom. The number of aryl methyl sites for hydroxylation is 1. The van der Waals surface area contributed by atoms with Crippen LogP contribution < -0.4 is 0 Å². The maximum absolute atomic E-state index is 9.09. The molecule has 0 aliphatic rings. The van der Waals surface area contributed by atoms with Crippen molar-refractivity contribution in [3.63, 3.8) is 0 Å². The molecule has 1 heteroatoms. The van der Waals surface area contributed by atoms with Crippen LogP contribution in [0.25, 0.3) is 0 Å². The second kappa shape index (κ2) is 5.32. The van der Waals surface area contributed by atoms with E-state index in [1.54, 1.807) is 0 Å². The van der Waals surface area contributed by atoms with Crippen molar-refractivity contribution < 1.29 is 5.11 Å². The van der Waals surface area contributed by atoms with Crippen molar-refractivity contribution in [3.8, 4) is 0 Å². The fourth-order valence-corrected chi connectivity index (χ4v) is 1.91. The Labute approximate surface area is 93.1 Å². The molecule has 0 spiro atoms. The Morgan fingerprint density at radius 3 is 2.40 bits per heavy atom. The summed E-state index contributed by atoms with van der Waals surface area (Å²) in [5.41, 5.74) is 4.12. The number of hydrogen-bond acceptors (Lipinski definition) is 1. The van der Waals surface area contributed by atoms with Crippen LogP contribution in [0.15, 0.2) is 18.2 Å². The van der Waals surface area contributed by atoms with Crippen LogP contribution in [0.4, 0.5) is 0 Å². The van der Waals surface area contributed by atoms with E-state index in [4.69, 9.17) is 5.11 Å². The van der Waals surface area contributed by atoms with Gasteiger partial charge in [-0.3, -0.25) is 0 Å². The summed E-state index contributed by atoms with van der Waals surface area (Å²) in [6.07, 6.45) is 0.978. The first kappa shape index (κ1) is 12.3. The van der Waals surface area contributed by atoms with E-state index in [1.165, 1.54) is 16.7 Å². The summed E-state index contributed by atoms with van der Waals surface area (Å²) in [4.78, 5) is 0. The highest BCUT2D eigenvalue weighted by molar-refractivity contribution is 5.33. The van der Waals surface area contributed by atoms with Crippen molar-refractivity contribution in [1.82, 2.24) is 0 Å². The molecule has 0 radical (unpaired) electrons. The molecule has 0 bridgehead atoms. The summed E-state index contributed by atoms with van der Waals surface area (Å²) in [5.74, 6) is 0.913. The van der Waals surface area contributed by atoms with Crippen LogP contribution in [0.1, 0.15) is 43.4 Å². The van der Waals surface area contributed by atoms with Crippen LogP contribution in [0.3, 0.4) is 0 Å². The zero-order chi connectivity index (χ0) is 11.4. The van der Waals surface area contributed by atoms with E-state index in [0.717, 1.165) is 6.42 Å². The van der Waals surface area contributed by atoms with Crippen molar-refractivity contribution in [2.24, 2.45) is 5.92 Å². The van der Waals surface area contributed by atoms with E-state index in [1.807, 2.05) is 0 Å². The normalized spacial score (nSPS) is 13.2. The first-order chi connectivity index (χ1) is 7.04. The van der Waals surface area contributed by atoms with Gasteiger partial charge < -0.3 is 5.11 Å². The predicted octanol–water partition coefficient (Wildman–Crippen LogP) is 3.29. The minimum Gasteiger partial charge on any atom is -0.396 e. The molecule has 1 unspecified atom stereocenters. The third kappa shape index (κ3) is 3.35. The first-order valence-corrected chi connectivity index (χ1v) is 5.75. The van der Waals surface area contributed by atoms with Gasteiger partial charge in [-0.05, 0) is 36.3 Å². The molecule has 0 aromatic heterocycles. The summed E-state index contributed by atoms with van der Waals surface area (Å²) in [5, 5.41) is 9.09. The highest BCUT2D eigenvalue weighted by atomic mass is 16.3. The topological polar surface area (TPSA) is 20.2 Å². The van der Waals surface area contributed by atoms with E-state index >= 15 is 0 Å². The molecule has 15 heavy (non-hydrogen) atoms. The molecule has 1 atom stereocenters. The monoisotopic (exact) mass is 206 g/mol. The van der Waals surface area contributed by atoms with Gasteiger partial charge in [-0.25, -0.2) is 0 Å². The Hall–Kier alpha value is -0.820. The van der Waals surface area contributed by atoms with Crippen molar-refractivity contribution >= 4 is 0 Å². The smallest absolute Gasteiger partial charge is 0.0459 e. The zero-order valence-electron chi connectivity index (χ0n) is 10.2. The third-order valence-corrected chi connectivity index (χ3v) is 2.80. The number of hydrogen-bond donors (Lipinski definition) is 1. The van der Waals surface area contributed by atoms with Gasteiger partial charge in [0.2, 0.25) is 0 Å². The van der Waals surface area contributed by atoms with Crippen molar-refractivity contribution in [1.29, 1.82) is 0 Å². The van der Waals surface area contributed by atoms with Crippen molar-refractivity contribution in [3.05, 3.63) is 34.9 Å². The lowest BCUT2D eigenvalue weighted by molar-refractivity contribution is 0.237. The fourth-order valence-electron chi connectivity index (χ4n) is 1.91. The molecule has 0 amide bonds. The van der Waals surface area contributed by atoms with Gasteiger partial charge >= 0.3 is 0 Å². The van der Waals surface area contributed by atoms with E-state index in [2.05, 4.69) is 45.9 Å².